The molecule has 2 aromatic carbocycles. The predicted octanol–water partition coefficient (Wildman–Crippen LogP) is 4.47. The van der Waals surface area contributed by atoms with Crippen molar-refractivity contribution in [2.45, 2.75) is 62.7 Å². The van der Waals surface area contributed by atoms with E-state index in [0.717, 1.165) is 25.7 Å². The van der Waals surface area contributed by atoms with Gasteiger partial charge in [-0.2, -0.15) is 0 Å². The largest absolute Gasteiger partial charge is 0.455 e. The van der Waals surface area contributed by atoms with Gasteiger partial charge in [0.1, 0.15) is 11.5 Å². The van der Waals surface area contributed by atoms with Crippen LogP contribution >= 0.6 is 11.6 Å². The van der Waals surface area contributed by atoms with Crippen molar-refractivity contribution >= 4 is 17.5 Å². The number of carbonyl (C=O) groups excluding carboxylic acids is 1. The summed E-state index contributed by atoms with van der Waals surface area (Å²) in [6.07, 6.45) is 3.94. The van der Waals surface area contributed by atoms with E-state index in [1.807, 2.05) is 41.3 Å². The van der Waals surface area contributed by atoms with E-state index in [1.165, 1.54) is 0 Å². The number of hydrogen-bond acceptors (Lipinski definition) is 6. The first-order chi connectivity index (χ1) is 17.8. The Morgan fingerprint density at radius 2 is 1.86 bits per heavy atom. The molecule has 0 aromatic heterocycles. The second-order valence-electron chi connectivity index (χ2n) is 10.4. The standard InChI is InChI=1S/C29H39ClN2O5/c1-36-16-7-6-14-29(35,22-10-2-4-12-26(22)37-27-13-5-3-11-23(27)30)21-9-8-15-32(19-21)28(34)20-17-24(31)25(33)18-20/h2-5,10-13,20-21,24-25,33,35H,6-9,14-19,31H2,1H3. The number of methoxy groups -OCH3 is 1. The lowest BCUT2D eigenvalue weighted by atomic mass is 9.73. The number of aliphatic hydroxyl groups is 2. The van der Waals surface area contributed by atoms with Gasteiger partial charge in [-0.15, -0.1) is 0 Å². The average molecular weight is 531 g/mol. The lowest BCUT2D eigenvalue weighted by Crippen LogP contribution is -2.49. The van der Waals surface area contributed by atoms with E-state index in [4.69, 9.17) is 26.8 Å². The first-order valence-corrected chi connectivity index (χ1v) is 13.7. The zero-order valence-electron chi connectivity index (χ0n) is 21.5. The van der Waals surface area contributed by atoms with Gasteiger partial charge in [-0.25, -0.2) is 0 Å². The van der Waals surface area contributed by atoms with E-state index >= 15 is 0 Å². The molecule has 1 amide bonds. The first-order valence-electron chi connectivity index (χ1n) is 13.3. The number of halogens is 1. The summed E-state index contributed by atoms with van der Waals surface area (Å²) < 4.78 is 11.5. The third kappa shape index (κ3) is 6.47. The van der Waals surface area contributed by atoms with Crippen molar-refractivity contribution in [3.05, 3.63) is 59.1 Å². The van der Waals surface area contributed by atoms with Gasteiger partial charge in [0, 0.05) is 50.2 Å². The second-order valence-corrected chi connectivity index (χ2v) is 10.8. The summed E-state index contributed by atoms with van der Waals surface area (Å²) in [5, 5.41) is 23.0. The molecule has 8 heteroatoms. The SMILES string of the molecule is COCCCCC(O)(c1ccccc1Oc1ccccc1Cl)C1CCCN(C(=O)C2CC(N)C(O)C2)C1. The zero-order chi connectivity index (χ0) is 26.4. The highest BCUT2D eigenvalue weighted by molar-refractivity contribution is 6.32. The predicted molar refractivity (Wildman–Crippen MR) is 144 cm³/mol. The van der Waals surface area contributed by atoms with Gasteiger partial charge in [-0.05, 0) is 63.1 Å². The van der Waals surface area contributed by atoms with Crippen molar-refractivity contribution in [2.24, 2.45) is 17.6 Å². The number of carbonyl (C=O) groups is 1. The van der Waals surface area contributed by atoms with E-state index in [-0.39, 0.29) is 23.8 Å². The Morgan fingerprint density at radius 3 is 2.57 bits per heavy atom. The van der Waals surface area contributed by atoms with E-state index in [1.54, 1.807) is 19.2 Å². The molecular weight excluding hydrogens is 492 g/mol. The van der Waals surface area contributed by atoms with Crippen molar-refractivity contribution in [3.63, 3.8) is 0 Å². The molecule has 2 aromatic rings. The van der Waals surface area contributed by atoms with Gasteiger partial charge in [0.15, 0.2) is 0 Å². The van der Waals surface area contributed by atoms with Crippen LogP contribution in [-0.4, -0.2) is 60.0 Å². The molecule has 202 valence electrons. The second kappa shape index (κ2) is 12.6. The Labute approximate surface area is 224 Å². The van der Waals surface area contributed by atoms with Crippen molar-refractivity contribution in [2.75, 3.05) is 26.8 Å². The number of rotatable bonds is 10. The molecule has 0 spiro atoms. The number of para-hydroxylation sites is 2. The Kier molecular flexibility index (Phi) is 9.48. The fourth-order valence-corrected chi connectivity index (χ4v) is 6.01. The average Bonchev–Trinajstić information content (AvgIpc) is 3.25. The van der Waals surface area contributed by atoms with Gasteiger partial charge in [0.2, 0.25) is 5.91 Å². The number of aliphatic hydroxyl groups excluding tert-OH is 1. The molecule has 1 aliphatic heterocycles. The van der Waals surface area contributed by atoms with E-state index < -0.39 is 11.7 Å². The van der Waals surface area contributed by atoms with Crippen LogP contribution in [0.4, 0.5) is 0 Å². The molecule has 0 bridgehead atoms. The van der Waals surface area contributed by atoms with Crippen LogP contribution in [0.3, 0.4) is 0 Å². The zero-order valence-corrected chi connectivity index (χ0v) is 22.3. The number of likely N-dealkylation sites (tertiary alicyclic amines) is 1. The number of piperidine rings is 1. The van der Waals surface area contributed by atoms with Gasteiger partial charge in [-0.1, -0.05) is 41.9 Å². The van der Waals surface area contributed by atoms with Crippen LogP contribution in [0.1, 0.15) is 50.5 Å². The summed E-state index contributed by atoms with van der Waals surface area (Å²) in [6, 6.07) is 14.5. The number of amides is 1. The van der Waals surface area contributed by atoms with Crippen LogP contribution in [0.2, 0.25) is 5.02 Å². The minimum atomic E-state index is -1.21. The molecular formula is C29H39ClN2O5. The summed E-state index contributed by atoms with van der Waals surface area (Å²) in [4.78, 5) is 15.2. The van der Waals surface area contributed by atoms with Crippen LogP contribution in [0, 0.1) is 11.8 Å². The summed E-state index contributed by atoms with van der Waals surface area (Å²) in [5.74, 6) is 0.658. The molecule has 4 N–H and O–H groups in total. The molecule has 1 saturated carbocycles. The topological polar surface area (TPSA) is 105 Å². The van der Waals surface area contributed by atoms with Crippen molar-refractivity contribution in [3.8, 4) is 11.5 Å². The highest BCUT2D eigenvalue weighted by Gasteiger charge is 2.44. The van der Waals surface area contributed by atoms with Crippen LogP contribution < -0.4 is 10.5 Å². The minimum absolute atomic E-state index is 0.0269. The van der Waals surface area contributed by atoms with Gasteiger partial charge in [-0.3, -0.25) is 4.79 Å². The third-order valence-electron chi connectivity index (χ3n) is 7.90. The maximum absolute atomic E-state index is 13.4. The summed E-state index contributed by atoms with van der Waals surface area (Å²) >= 11 is 6.37. The van der Waals surface area contributed by atoms with Gasteiger partial charge in [0.25, 0.3) is 0 Å². The first kappa shape index (κ1) is 27.9. The highest BCUT2D eigenvalue weighted by atomic mass is 35.5. The number of nitrogens with zero attached hydrogens (tertiary/aromatic N) is 1. The molecule has 2 fully saturated rings. The number of benzene rings is 2. The van der Waals surface area contributed by atoms with E-state index in [9.17, 15) is 15.0 Å². The minimum Gasteiger partial charge on any atom is -0.455 e. The summed E-state index contributed by atoms with van der Waals surface area (Å²) in [7, 11) is 1.68. The Morgan fingerprint density at radius 1 is 1.14 bits per heavy atom. The van der Waals surface area contributed by atoms with Gasteiger partial charge < -0.3 is 30.3 Å². The fourth-order valence-electron chi connectivity index (χ4n) is 5.83. The Balaban J connectivity index is 1.61. The molecule has 1 saturated heterocycles. The summed E-state index contributed by atoms with van der Waals surface area (Å²) in [6.45, 7) is 1.71. The monoisotopic (exact) mass is 530 g/mol. The Bertz CT molecular complexity index is 1040. The maximum atomic E-state index is 13.4. The van der Waals surface area contributed by atoms with Gasteiger partial charge in [0.05, 0.1) is 16.7 Å². The highest BCUT2D eigenvalue weighted by Crippen LogP contribution is 2.45. The lowest BCUT2D eigenvalue weighted by molar-refractivity contribution is -0.141. The summed E-state index contributed by atoms with van der Waals surface area (Å²) in [5.41, 5.74) is 5.47. The van der Waals surface area contributed by atoms with E-state index in [2.05, 4.69) is 0 Å². The third-order valence-corrected chi connectivity index (χ3v) is 8.21. The Hall–Kier alpha value is -2.16. The molecule has 5 unspecified atom stereocenters. The van der Waals surface area contributed by atoms with Gasteiger partial charge >= 0.3 is 0 Å². The number of hydrogen-bond donors (Lipinski definition) is 3. The fraction of sp³-hybridized carbons (Fsp3) is 0.552. The van der Waals surface area contributed by atoms with Crippen molar-refractivity contribution < 1.29 is 24.5 Å². The molecule has 2 aliphatic rings. The molecule has 1 heterocycles. The molecule has 0 radical (unpaired) electrons. The van der Waals surface area contributed by atoms with Crippen molar-refractivity contribution in [1.29, 1.82) is 0 Å². The molecule has 1 aliphatic carbocycles. The molecule has 5 atom stereocenters. The van der Waals surface area contributed by atoms with Crippen LogP contribution in [-0.2, 0) is 15.1 Å². The molecule has 7 nitrogen and oxygen atoms in total. The van der Waals surface area contributed by atoms with Crippen LogP contribution in [0.25, 0.3) is 0 Å². The number of nitrogens with two attached hydrogens (primary N) is 1. The quantitative estimate of drug-likeness (QED) is 0.391. The van der Waals surface area contributed by atoms with E-state index in [0.29, 0.717) is 61.0 Å². The number of unbranched alkanes of at least 4 members (excludes halogenated alkanes) is 1. The normalized spacial score (nSPS) is 25.6. The number of ether oxygens (including phenoxy) is 2. The molecule has 4 rings (SSSR count). The lowest BCUT2D eigenvalue weighted by Gasteiger charge is -2.44. The van der Waals surface area contributed by atoms with Crippen LogP contribution in [0.15, 0.2) is 48.5 Å². The smallest absolute Gasteiger partial charge is 0.225 e. The molecule has 37 heavy (non-hydrogen) atoms. The van der Waals surface area contributed by atoms with Crippen LogP contribution in [0.5, 0.6) is 11.5 Å². The maximum Gasteiger partial charge on any atom is 0.225 e. The van der Waals surface area contributed by atoms with Crippen molar-refractivity contribution in [1.82, 2.24) is 4.90 Å².